The molecule has 1 atom stereocenters. The van der Waals surface area contributed by atoms with E-state index in [1.54, 1.807) is 11.3 Å². The average molecular weight is 280 g/mol. The smallest absolute Gasteiger partial charge is 0.170 e. The molecule has 0 N–H and O–H groups in total. The molecule has 2 nitrogen and oxygen atoms in total. The van der Waals surface area contributed by atoms with Gasteiger partial charge in [0.05, 0.1) is 12.0 Å². The van der Waals surface area contributed by atoms with Crippen LogP contribution >= 0.6 is 11.3 Å². The summed E-state index contributed by atoms with van der Waals surface area (Å²) in [5, 5.41) is 3.29. The van der Waals surface area contributed by atoms with E-state index >= 15 is 0 Å². The fraction of sp³-hybridized carbons (Fsp3) is 0.118. The first-order chi connectivity index (χ1) is 9.81. The molecule has 1 aliphatic rings. The number of rotatable bonds is 1. The number of hydrogen-bond acceptors (Lipinski definition) is 3. The molecule has 98 valence electrons. The summed E-state index contributed by atoms with van der Waals surface area (Å²) in [5.74, 6) is 0.849. The molecule has 0 aliphatic carbocycles. The summed E-state index contributed by atoms with van der Waals surface area (Å²) in [6, 6.07) is 15.8. The number of Topliss-reactive ketones (excluding diaryl/α,β-unsaturated/α-hetero) is 1. The zero-order valence-electron chi connectivity index (χ0n) is 10.7. The van der Waals surface area contributed by atoms with Gasteiger partial charge >= 0.3 is 0 Å². The third-order valence-corrected chi connectivity index (χ3v) is 4.57. The van der Waals surface area contributed by atoms with Crippen LogP contribution in [0.25, 0.3) is 10.1 Å². The third kappa shape index (κ3) is 1.82. The van der Waals surface area contributed by atoms with Crippen molar-refractivity contribution in [2.75, 3.05) is 0 Å². The van der Waals surface area contributed by atoms with E-state index < -0.39 is 0 Å². The molecule has 0 bridgehead atoms. The van der Waals surface area contributed by atoms with Crippen molar-refractivity contribution in [2.45, 2.75) is 12.5 Å². The van der Waals surface area contributed by atoms with E-state index in [9.17, 15) is 4.79 Å². The van der Waals surface area contributed by atoms with Crippen LogP contribution in [0.2, 0.25) is 0 Å². The van der Waals surface area contributed by atoms with Crippen LogP contribution in [0.5, 0.6) is 5.75 Å². The van der Waals surface area contributed by atoms with Crippen LogP contribution in [-0.2, 0) is 0 Å². The largest absolute Gasteiger partial charge is 0.484 e. The highest BCUT2D eigenvalue weighted by Crippen LogP contribution is 2.36. The number of carbonyl (C=O) groups is 1. The summed E-state index contributed by atoms with van der Waals surface area (Å²) in [4.78, 5) is 12.2. The molecule has 20 heavy (non-hydrogen) atoms. The molecule has 0 saturated carbocycles. The van der Waals surface area contributed by atoms with E-state index in [0.29, 0.717) is 17.7 Å². The molecule has 0 amide bonds. The lowest BCUT2D eigenvalue weighted by atomic mass is 9.96. The van der Waals surface area contributed by atoms with Gasteiger partial charge in [0.2, 0.25) is 0 Å². The summed E-state index contributed by atoms with van der Waals surface area (Å²) in [6.45, 7) is 0. The molecule has 1 aliphatic heterocycles. The molecule has 0 fully saturated rings. The summed E-state index contributed by atoms with van der Waals surface area (Å²) in [6.07, 6.45) is 0.230. The predicted octanol–water partition coefficient (Wildman–Crippen LogP) is 4.61. The van der Waals surface area contributed by atoms with Gasteiger partial charge in [-0.25, -0.2) is 0 Å². The Morgan fingerprint density at radius 3 is 2.95 bits per heavy atom. The maximum absolute atomic E-state index is 12.2. The fourth-order valence-electron chi connectivity index (χ4n) is 2.64. The van der Waals surface area contributed by atoms with Crippen LogP contribution in [0.15, 0.2) is 53.9 Å². The van der Waals surface area contributed by atoms with Crippen LogP contribution in [0.3, 0.4) is 0 Å². The van der Waals surface area contributed by atoms with Gasteiger partial charge in [-0.3, -0.25) is 4.79 Å². The fourth-order valence-corrected chi connectivity index (χ4v) is 3.42. The Hall–Kier alpha value is -2.13. The summed E-state index contributed by atoms with van der Waals surface area (Å²) >= 11 is 1.72. The molecular formula is C17H12O2S. The van der Waals surface area contributed by atoms with Gasteiger partial charge in [0.15, 0.2) is 5.78 Å². The Kier molecular flexibility index (Phi) is 2.60. The topological polar surface area (TPSA) is 26.3 Å². The first kappa shape index (κ1) is 11.7. The van der Waals surface area contributed by atoms with Gasteiger partial charge in [0.25, 0.3) is 0 Å². The Bertz CT molecular complexity index is 803. The minimum atomic E-state index is -0.179. The molecule has 2 heterocycles. The number of hydrogen-bond donors (Lipinski definition) is 0. The van der Waals surface area contributed by atoms with Crippen LogP contribution in [0.4, 0.5) is 0 Å². The Balaban J connectivity index is 1.75. The number of fused-ring (bicyclic) bond motifs is 2. The van der Waals surface area contributed by atoms with Gasteiger partial charge in [-0.05, 0) is 46.7 Å². The molecule has 0 saturated heterocycles. The highest BCUT2D eigenvalue weighted by atomic mass is 32.1. The second kappa shape index (κ2) is 4.46. The molecule has 3 heteroatoms. The van der Waals surface area contributed by atoms with E-state index in [-0.39, 0.29) is 11.9 Å². The van der Waals surface area contributed by atoms with Crippen molar-refractivity contribution >= 4 is 27.2 Å². The minimum absolute atomic E-state index is 0.155. The second-order valence-electron chi connectivity index (χ2n) is 4.95. The first-order valence-electron chi connectivity index (χ1n) is 6.57. The lowest BCUT2D eigenvalue weighted by molar-refractivity contribution is 0.0850. The molecule has 2 aromatic carbocycles. The van der Waals surface area contributed by atoms with E-state index in [1.807, 2.05) is 24.3 Å². The van der Waals surface area contributed by atoms with Gasteiger partial charge in [-0.1, -0.05) is 18.2 Å². The van der Waals surface area contributed by atoms with Crippen molar-refractivity contribution in [1.29, 1.82) is 0 Å². The molecule has 3 aromatic rings. The molecular weight excluding hydrogens is 268 g/mol. The number of ether oxygens (including phenoxy) is 1. The van der Waals surface area contributed by atoms with Gasteiger partial charge in [0, 0.05) is 4.70 Å². The van der Waals surface area contributed by atoms with Crippen LogP contribution in [0.1, 0.15) is 28.4 Å². The zero-order chi connectivity index (χ0) is 13.5. The van der Waals surface area contributed by atoms with Gasteiger partial charge < -0.3 is 4.74 Å². The number of benzene rings is 2. The lowest BCUT2D eigenvalue weighted by Gasteiger charge is -2.25. The lowest BCUT2D eigenvalue weighted by Crippen LogP contribution is -2.20. The Morgan fingerprint density at radius 2 is 2.00 bits per heavy atom. The molecule has 1 unspecified atom stereocenters. The quantitative estimate of drug-likeness (QED) is 0.650. The van der Waals surface area contributed by atoms with Crippen molar-refractivity contribution in [3.63, 3.8) is 0 Å². The first-order valence-corrected chi connectivity index (χ1v) is 7.45. The summed E-state index contributed by atoms with van der Waals surface area (Å²) in [7, 11) is 0. The van der Waals surface area contributed by atoms with Crippen molar-refractivity contribution in [3.8, 4) is 5.75 Å². The van der Waals surface area contributed by atoms with Gasteiger partial charge in [-0.15, -0.1) is 11.3 Å². The average Bonchev–Trinajstić information content (AvgIpc) is 2.94. The van der Waals surface area contributed by atoms with Crippen molar-refractivity contribution in [1.82, 2.24) is 0 Å². The monoisotopic (exact) mass is 280 g/mol. The number of ketones is 1. The normalized spacial score (nSPS) is 17.8. The summed E-state index contributed by atoms with van der Waals surface area (Å²) < 4.78 is 7.26. The summed E-state index contributed by atoms with van der Waals surface area (Å²) in [5.41, 5.74) is 1.76. The van der Waals surface area contributed by atoms with Gasteiger partial charge in [0.1, 0.15) is 11.9 Å². The zero-order valence-corrected chi connectivity index (χ0v) is 11.5. The van der Waals surface area contributed by atoms with E-state index in [2.05, 4.69) is 29.6 Å². The minimum Gasteiger partial charge on any atom is -0.484 e. The van der Waals surface area contributed by atoms with Crippen LogP contribution in [0, 0.1) is 0 Å². The van der Waals surface area contributed by atoms with Crippen LogP contribution < -0.4 is 4.74 Å². The predicted molar refractivity (Wildman–Crippen MR) is 80.6 cm³/mol. The highest BCUT2D eigenvalue weighted by Gasteiger charge is 2.27. The number of thiophene rings is 1. The standard InChI is InChI=1S/C17H12O2S/c18-14-10-16(19-15-4-2-1-3-13(14)15)11-5-6-17-12(9-11)7-8-20-17/h1-9,16H,10H2. The van der Waals surface area contributed by atoms with Gasteiger partial charge in [-0.2, -0.15) is 0 Å². The van der Waals surface area contributed by atoms with E-state index in [1.165, 1.54) is 10.1 Å². The van der Waals surface area contributed by atoms with Crippen molar-refractivity contribution in [3.05, 3.63) is 65.0 Å². The molecule has 4 rings (SSSR count). The second-order valence-corrected chi connectivity index (χ2v) is 5.90. The Labute approximate surface area is 120 Å². The highest BCUT2D eigenvalue weighted by molar-refractivity contribution is 7.17. The Morgan fingerprint density at radius 1 is 1.10 bits per heavy atom. The molecule has 1 aromatic heterocycles. The molecule has 0 spiro atoms. The number of para-hydroxylation sites is 1. The van der Waals surface area contributed by atoms with E-state index in [0.717, 1.165) is 5.56 Å². The van der Waals surface area contributed by atoms with E-state index in [4.69, 9.17) is 4.74 Å². The molecule has 0 radical (unpaired) electrons. The third-order valence-electron chi connectivity index (χ3n) is 3.68. The van der Waals surface area contributed by atoms with Crippen molar-refractivity contribution < 1.29 is 9.53 Å². The number of carbonyl (C=O) groups excluding carboxylic acids is 1. The maximum atomic E-state index is 12.2. The van der Waals surface area contributed by atoms with Crippen molar-refractivity contribution in [2.24, 2.45) is 0 Å². The SMILES string of the molecule is O=C1CC(c2ccc3sccc3c2)Oc2ccccc21. The van der Waals surface area contributed by atoms with Crippen LogP contribution in [-0.4, -0.2) is 5.78 Å². The maximum Gasteiger partial charge on any atom is 0.170 e.